The monoisotopic (exact) mass is 296 g/mol. The van der Waals surface area contributed by atoms with Crippen LogP contribution in [0.4, 0.5) is 0 Å². The first-order valence-electron chi connectivity index (χ1n) is 7.70. The third kappa shape index (κ3) is 3.27. The van der Waals surface area contributed by atoms with Crippen LogP contribution in [-0.2, 0) is 4.79 Å². The molecule has 22 heavy (non-hydrogen) atoms. The fourth-order valence-electron chi connectivity index (χ4n) is 2.91. The Morgan fingerprint density at radius 2 is 2.00 bits per heavy atom. The second-order valence-electron chi connectivity index (χ2n) is 5.57. The summed E-state index contributed by atoms with van der Waals surface area (Å²) < 4.78 is 5.70. The van der Waals surface area contributed by atoms with E-state index < -0.39 is 0 Å². The van der Waals surface area contributed by atoms with Gasteiger partial charge in [-0.3, -0.25) is 4.79 Å². The zero-order chi connectivity index (χ0) is 15.4. The zero-order valence-corrected chi connectivity index (χ0v) is 12.7. The van der Waals surface area contributed by atoms with Crippen molar-refractivity contribution in [2.45, 2.75) is 32.2 Å². The molecule has 1 aliphatic heterocycles. The van der Waals surface area contributed by atoms with Crippen molar-refractivity contribution >= 4 is 5.91 Å². The maximum Gasteiger partial charge on any atom is 0.219 e. The minimum absolute atomic E-state index is 0.134. The molecule has 4 heteroatoms. The van der Waals surface area contributed by atoms with E-state index >= 15 is 0 Å². The van der Waals surface area contributed by atoms with Crippen LogP contribution in [0.1, 0.15) is 37.8 Å². The molecular weight excluding hydrogens is 276 g/mol. The van der Waals surface area contributed by atoms with Crippen LogP contribution in [-0.4, -0.2) is 22.3 Å². The van der Waals surface area contributed by atoms with E-state index in [-0.39, 0.29) is 11.9 Å². The molecule has 0 saturated carbocycles. The normalized spacial score (nSPS) is 18.0. The lowest BCUT2D eigenvalue weighted by atomic mass is 9.96. The molecule has 4 nitrogen and oxygen atoms in total. The van der Waals surface area contributed by atoms with Gasteiger partial charge in [-0.25, -0.2) is 4.98 Å². The number of aromatic nitrogens is 1. The van der Waals surface area contributed by atoms with Crippen molar-refractivity contribution in [3.8, 4) is 11.6 Å². The van der Waals surface area contributed by atoms with Gasteiger partial charge < -0.3 is 9.64 Å². The molecule has 0 radical (unpaired) electrons. The Kier molecular flexibility index (Phi) is 4.37. The third-order valence-corrected chi connectivity index (χ3v) is 4.02. The molecule has 0 bridgehead atoms. The molecule has 1 unspecified atom stereocenters. The maximum absolute atomic E-state index is 11.8. The molecular formula is C18H20N2O2. The number of hydrogen-bond acceptors (Lipinski definition) is 3. The molecule has 0 aliphatic carbocycles. The van der Waals surface area contributed by atoms with Gasteiger partial charge in [0.1, 0.15) is 5.75 Å². The summed E-state index contributed by atoms with van der Waals surface area (Å²) >= 11 is 0. The molecule has 3 rings (SSSR count). The van der Waals surface area contributed by atoms with Crippen LogP contribution in [0.5, 0.6) is 11.6 Å². The van der Waals surface area contributed by atoms with E-state index in [1.54, 1.807) is 6.92 Å². The van der Waals surface area contributed by atoms with Gasteiger partial charge in [0.05, 0.1) is 6.04 Å². The molecule has 1 atom stereocenters. The van der Waals surface area contributed by atoms with Gasteiger partial charge in [-0.1, -0.05) is 24.3 Å². The standard InChI is InChI=1S/C18H20N2O2/c1-14(21)20-12-6-5-9-17(20)15-10-11-18(19-13-15)22-16-7-3-2-4-8-16/h2-4,7-8,10-11,13,17H,5-6,9,12H2,1H3. The van der Waals surface area contributed by atoms with Gasteiger partial charge >= 0.3 is 0 Å². The molecule has 114 valence electrons. The number of carbonyl (C=O) groups is 1. The average Bonchev–Trinajstić information content (AvgIpc) is 2.56. The molecule has 2 heterocycles. The SMILES string of the molecule is CC(=O)N1CCCCC1c1ccc(Oc2ccccc2)nc1. The van der Waals surface area contributed by atoms with E-state index in [0.717, 1.165) is 37.1 Å². The molecule has 1 aliphatic rings. The number of pyridine rings is 1. The summed E-state index contributed by atoms with van der Waals surface area (Å²) in [6.07, 6.45) is 5.06. The second kappa shape index (κ2) is 6.60. The molecule has 0 N–H and O–H groups in total. The van der Waals surface area contributed by atoms with Crippen molar-refractivity contribution in [2.24, 2.45) is 0 Å². The molecule has 0 spiro atoms. The zero-order valence-electron chi connectivity index (χ0n) is 12.7. The first-order valence-corrected chi connectivity index (χ1v) is 7.70. The fourth-order valence-corrected chi connectivity index (χ4v) is 2.91. The highest BCUT2D eigenvalue weighted by atomic mass is 16.5. The van der Waals surface area contributed by atoms with Crippen LogP contribution in [0.25, 0.3) is 0 Å². The maximum atomic E-state index is 11.8. The molecule has 1 saturated heterocycles. The van der Waals surface area contributed by atoms with Gasteiger partial charge in [-0.2, -0.15) is 0 Å². The summed E-state index contributed by atoms with van der Waals surface area (Å²) in [5.74, 6) is 1.47. The highest BCUT2D eigenvalue weighted by molar-refractivity contribution is 5.74. The van der Waals surface area contributed by atoms with Crippen LogP contribution in [0.15, 0.2) is 48.7 Å². The second-order valence-corrected chi connectivity index (χ2v) is 5.57. The van der Waals surface area contributed by atoms with E-state index in [1.807, 2.05) is 53.6 Å². The summed E-state index contributed by atoms with van der Waals surface area (Å²) in [5, 5.41) is 0. The number of para-hydroxylation sites is 1. The number of amides is 1. The predicted octanol–water partition coefficient (Wildman–Crippen LogP) is 3.95. The molecule has 1 aromatic heterocycles. The quantitative estimate of drug-likeness (QED) is 0.861. The lowest BCUT2D eigenvalue weighted by Crippen LogP contribution is -2.36. The number of nitrogens with zero attached hydrogens (tertiary/aromatic N) is 2. The topological polar surface area (TPSA) is 42.4 Å². The van der Waals surface area contributed by atoms with E-state index in [0.29, 0.717) is 5.88 Å². The van der Waals surface area contributed by atoms with E-state index in [9.17, 15) is 4.79 Å². The summed E-state index contributed by atoms with van der Waals surface area (Å²) in [5.41, 5.74) is 1.08. The van der Waals surface area contributed by atoms with Crippen LogP contribution >= 0.6 is 0 Å². The van der Waals surface area contributed by atoms with E-state index in [1.165, 1.54) is 0 Å². The van der Waals surface area contributed by atoms with Crippen molar-refractivity contribution in [1.29, 1.82) is 0 Å². The van der Waals surface area contributed by atoms with Gasteiger partial charge in [0.15, 0.2) is 0 Å². The van der Waals surface area contributed by atoms with Crippen LogP contribution in [0, 0.1) is 0 Å². The number of hydrogen-bond donors (Lipinski definition) is 0. The van der Waals surface area contributed by atoms with Crippen molar-refractivity contribution in [2.75, 3.05) is 6.54 Å². The molecule has 1 amide bonds. The Morgan fingerprint density at radius 1 is 1.18 bits per heavy atom. The summed E-state index contributed by atoms with van der Waals surface area (Å²) in [4.78, 5) is 18.1. The van der Waals surface area contributed by atoms with Gasteiger partial charge in [0, 0.05) is 25.7 Å². The number of piperidine rings is 1. The molecule has 1 aromatic carbocycles. The average molecular weight is 296 g/mol. The van der Waals surface area contributed by atoms with Gasteiger partial charge in [-0.15, -0.1) is 0 Å². The highest BCUT2D eigenvalue weighted by Crippen LogP contribution is 2.31. The lowest BCUT2D eigenvalue weighted by molar-refractivity contribution is -0.132. The smallest absolute Gasteiger partial charge is 0.219 e. The van der Waals surface area contributed by atoms with E-state index in [2.05, 4.69) is 4.98 Å². The highest BCUT2D eigenvalue weighted by Gasteiger charge is 2.25. The molecule has 2 aromatic rings. The number of rotatable bonds is 3. The number of ether oxygens (including phenoxy) is 1. The van der Waals surface area contributed by atoms with E-state index in [4.69, 9.17) is 4.74 Å². The first-order chi connectivity index (χ1) is 10.7. The number of benzene rings is 1. The first kappa shape index (κ1) is 14.6. The molecule has 1 fully saturated rings. The van der Waals surface area contributed by atoms with Gasteiger partial charge in [0.25, 0.3) is 0 Å². The van der Waals surface area contributed by atoms with Crippen molar-refractivity contribution in [3.05, 3.63) is 54.2 Å². The summed E-state index contributed by atoms with van der Waals surface area (Å²) in [6, 6.07) is 13.6. The van der Waals surface area contributed by atoms with Gasteiger partial charge in [-0.05, 0) is 37.0 Å². The lowest BCUT2D eigenvalue weighted by Gasteiger charge is -2.35. The Bertz CT molecular complexity index is 625. The van der Waals surface area contributed by atoms with Crippen molar-refractivity contribution < 1.29 is 9.53 Å². The Labute approximate surface area is 130 Å². The Hall–Kier alpha value is -2.36. The Morgan fingerprint density at radius 3 is 2.68 bits per heavy atom. The van der Waals surface area contributed by atoms with Crippen LogP contribution in [0.3, 0.4) is 0 Å². The minimum atomic E-state index is 0.134. The van der Waals surface area contributed by atoms with Crippen molar-refractivity contribution in [1.82, 2.24) is 9.88 Å². The Balaban J connectivity index is 1.74. The fraction of sp³-hybridized carbons (Fsp3) is 0.333. The minimum Gasteiger partial charge on any atom is -0.439 e. The van der Waals surface area contributed by atoms with Crippen LogP contribution in [0.2, 0.25) is 0 Å². The predicted molar refractivity (Wildman–Crippen MR) is 84.7 cm³/mol. The summed E-state index contributed by atoms with van der Waals surface area (Å²) in [6.45, 7) is 2.47. The number of likely N-dealkylation sites (tertiary alicyclic amines) is 1. The summed E-state index contributed by atoms with van der Waals surface area (Å²) in [7, 11) is 0. The number of carbonyl (C=O) groups excluding carboxylic acids is 1. The third-order valence-electron chi connectivity index (χ3n) is 4.02. The van der Waals surface area contributed by atoms with Crippen LogP contribution < -0.4 is 4.74 Å². The largest absolute Gasteiger partial charge is 0.439 e. The van der Waals surface area contributed by atoms with Crippen molar-refractivity contribution in [3.63, 3.8) is 0 Å². The van der Waals surface area contributed by atoms with Gasteiger partial charge in [0.2, 0.25) is 11.8 Å².